The lowest BCUT2D eigenvalue weighted by atomic mass is 9.99. The largest absolute Gasteiger partial charge is 0.480 e. The number of carboxylic acid groups (broad SMARTS) is 1. The number of hydrogen-bond donors (Lipinski definition) is 5. The molecule has 1 aliphatic rings. The Morgan fingerprint density at radius 1 is 1.04 bits per heavy atom. The number of carbonyl (C=O) groups is 1. The second-order valence-electron chi connectivity index (χ2n) is 12.2. The molecule has 1 aliphatic heterocycles. The van der Waals surface area contributed by atoms with Crippen LogP contribution in [0.5, 0.6) is 0 Å². The van der Waals surface area contributed by atoms with Crippen LogP contribution in [0, 0.1) is 0 Å². The molecule has 0 aliphatic carbocycles. The van der Waals surface area contributed by atoms with Gasteiger partial charge in [0, 0.05) is 61.3 Å². The van der Waals surface area contributed by atoms with Gasteiger partial charge in [0.2, 0.25) is 0 Å². The molecule has 2 aromatic carbocycles. The zero-order chi connectivity index (χ0) is 35.4. The molecule has 2 unspecified atom stereocenters. The molecular weight excluding hydrogens is 682 g/mol. The van der Waals surface area contributed by atoms with Crippen LogP contribution >= 0.6 is 23.2 Å². The average Bonchev–Trinajstić information content (AvgIpc) is 3.10. The smallest absolute Gasteiger partial charge is 0.323 e. The van der Waals surface area contributed by atoms with Gasteiger partial charge in [-0.1, -0.05) is 53.5 Å². The summed E-state index contributed by atoms with van der Waals surface area (Å²) in [5.41, 5.74) is 5.86. The van der Waals surface area contributed by atoms with E-state index in [4.69, 9.17) is 23.2 Å². The molecular formula is C37H35Cl2FN6O4. The lowest BCUT2D eigenvalue weighted by Gasteiger charge is -2.29. The molecule has 0 saturated heterocycles. The predicted molar refractivity (Wildman–Crippen MR) is 194 cm³/mol. The van der Waals surface area contributed by atoms with Gasteiger partial charge >= 0.3 is 5.97 Å². The molecule has 50 heavy (non-hydrogen) atoms. The number of aliphatic carboxylic acids is 1. The van der Waals surface area contributed by atoms with Gasteiger partial charge in [0.05, 0.1) is 34.1 Å². The normalized spacial score (nSPS) is 14.7. The first-order valence-corrected chi connectivity index (χ1v) is 16.8. The topological polar surface area (TPSA) is 144 Å². The first-order valence-electron chi connectivity index (χ1n) is 16.0. The fraction of sp³-hybridized carbons (Fsp3) is 0.243. The van der Waals surface area contributed by atoms with Crippen molar-refractivity contribution in [3.63, 3.8) is 0 Å². The van der Waals surface area contributed by atoms with Crippen LogP contribution in [0.1, 0.15) is 34.9 Å². The highest BCUT2D eigenvalue weighted by atomic mass is 35.5. The van der Waals surface area contributed by atoms with Gasteiger partial charge in [-0.05, 0) is 65.9 Å². The monoisotopic (exact) mass is 716 g/mol. The molecule has 0 radical (unpaired) electrons. The quantitative estimate of drug-likeness (QED) is 0.0973. The van der Waals surface area contributed by atoms with Crippen molar-refractivity contribution in [2.45, 2.75) is 38.6 Å². The van der Waals surface area contributed by atoms with Crippen molar-refractivity contribution in [1.29, 1.82) is 0 Å². The molecule has 3 aromatic heterocycles. The van der Waals surface area contributed by atoms with Crippen LogP contribution in [0.2, 0.25) is 10.0 Å². The molecule has 5 N–H and O–H groups in total. The van der Waals surface area contributed by atoms with Crippen LogP contribution in [0.3, 0.4) is 0 Å². The highest BCUT2D eigenvalue weighted by Crippen LogP contribution is 2.40. The van der Waals surface area contributed by atoms with Crippen molar-refractivity contribution < 1.29 is 24.5 Å². The average molecular weight is 718 g/mol. The Morgan fingerprint density at radius 3 is 2.58 bits per heavy atom. The van der Waals surface area contributed by atoms with E-state index in [-0.39, 0.29) is 12.2 Å². The van der Waals surface area contributed by atoms with Crippen molar-refractivity contribution in [1.82, 2.24) is 25.2 Å². The number of nitrogens with zero attached hydrogens (tertiary/aromatic N) is 4. The number of aromatic nitrogens is 3. The Bertz CT molecular complexity index is 2080. The molecule has 5 aromatic rings. The number of carboxylic acids is 1. The number of aliphatic hydroxyl groups is 2. The lowest BCUT2D eigenvalue weighted by Crippen LogP contribution is -2.39. The number of anilines is 2. The Hall–Kier alpha value is -4.49. The minimum absolute atomic E-state index is 0.201. The van der Waals surface area contributed by atoms with Crippen molar-refractivity contribution >= 4 is 63.5 Å². The number of benzene rings is 2. The Balaban J connectivity index is 1.23. The third-order valence-electron chi connectivity index (χ3n) is 8.48. The van der Waals surface area contributed by atoms with E-state index in [0.717, 1.165) is 35.0 Å². The standard InChI is InChI=1S/C37H35Cl2FN6O4/c1-21(48)18-46-11-9-23-14-31(43-17-26(23)19-46)29(40)13-24-4-2-5-27(33(24)38)28-6-3-7-30(34(28)39)45-36-35-25(8-10-41-36)12-22(16-44-35)15-42-32(20-47)37(49)50/h2-8,10,12-14,16-17,21,32,42,47-48H,9,11,15,18-20H2,1H3,(H,41,45)(H,49,50)/b29-13-. The van der Waals surface area contributed by atoms with Gasteiger partial charge in [-0.3, -0.25) is 25.0 Å². The molecule has 258 valence electrons. The third-order valence-corrected chi connectivity index (χ3v) is 9.31. The van der Waals surface area contributed by atoms with Crippen LogP contribution in [0.25, 0.3) is 33.9 Å². The molecule has 0 spiro atoms. The molecule has 0 fully saturated rings. The predicted octanol–water partition coefficient (Wildman–Crippen LogP) is 6.48. The number of β-amino-alcohol motifs (C(OH)–C–C–N with tert-alkyl or cyclic N) is 1. The summed E-state index contributed by atoms with van der Waals surface area (Å²) in [5, 5.41) is 35.7. The van der Waals surface area contributed by atoms with Crippen LogP contribution in [-0.4, -0.2) is 73.0 Å². The number of hydrogen-bond acceptors (Lipinski definition) is 9. The van der Waals surface area contributed by atoms with Gasteiger partial charge < -0.3 is 20.6 Å². The van der Waals surface area contributed by atoms with Gasteiger partial charge in [-0.25, -0.2) is 9.37 Å². The highest BCUT2D eigenvalue weighted by molar-refractivity contribution is 6.39. The second-order valence-corrected chi connectivity index (χ2v) is 13.0. The number of pyridine rings is 3. The summed E-state index contributed by atoms with van der Waals surface area (Å²) in [6.07, 6.45) is 6.64. The summed E-state index contributed by atoms with van der Waals surface area (Å²) in [6.45, 7) is 3.46. The number of fused-ring (bicyclic) bond motifs is 2. The number of halogens is 3. The van der Waals surface area contributed by atoms with Crippen LogP contribution in [0.15, 0.2) is 73.2 Å². The third kappa shape index (κ3) is 7.94. The summed E-state index contributed by atoms with van der Waals surface area (Å²) >= 11 is 13.8. The maximum absolute atomic E-state index is 15.6. The first-order chi connectivity index (χ1) is 24.1. The van der Waals surface area contributed by atoms with Crippen molar-refractivity contribution in [3.8, 4) is 11.1 Å². The van der Waals surface area contributed by atoms with E-state index >= 15 is 4.39 Å². The molecule has 2 atom stereocenters. The van der Waals surface area contributed by atoms with E-state index < -0.39 is 30.5 Å². The van der Waals surface area contributed by atoms with Gasteiger partial charge in [-0.2, -0.15) is 0 Å². The fourth-order valence-electron chi connectivity index (χ4n) is 5.97. The van der Waals surface area contributed by atoms with E-state index in [1.165, 1.54) is 6.08 Å². The Labute approximate surface area is 298 Å². The number of nitrogens with one attached hydrogen (secondary N) is 2. The van der Waals surface area contributed by atoms with E-state index in [2.05, 4.69) is 30.5 Å². The van der Waals surface area contributed by atoms with E-state index in [9.17, 15) is 20.1 Å². The minimum atomic E-state index is -1.14. The molecule has 0 amide bonds. The lowest BCUT2D eigenvalue weighted by molar-refractivity contribution is -0.140. The Kier molecular flexibility index (Phi) is 11.0. The number of aliphatic hydroxyl groups excluding tert-OH is 2. The zero-order valence-corrected chi connectivity index (χ0v) is 28.6. The number of rotatable bonds is 12. The fourth-order valence-corrected chi connectivity index (χ4v) is 6.53. The minimum Gasteiger partial charge on any atom is -0.480 e. The summed E-state index contributed by atoms with van der Waals surface area (Å²) < 4.78 is 15.6. The van der Waals surface area contributed by atoms with E-state index in [1.54, 1.807) is 55.8 Å². The van der Waals surface area contributed by atoms with Crippen molar-refractivity contribution in [2.75, 3.05) is 25.0 Å². The van der Waals surface area contributed by atoms with Crippen molar-refractivity contribution in [2.24, 2.45) is 0 Å². The molecule has 13 heteroatoms. The maximum atomic E-state index is 15.6. The Morgan fingerprint density at radius 2 is 1.82 bits per heavy atom. The van der Waals surface area contributed by atoms with Gasteiger partial charge in [0.15, 0.2) is 5.82 Å². The molecule has 0 saturated carbocycles. The van der Waals surface area contributed by atoms with Gasteiger partial charge in [0.25, 0.3) is 0 Å². The summed E-state index contributed by atoms with van der Waals surface area (Å²) in [4.78, 5) is 26.8. The van der Waals surface area contributed by atoms with Crippen LogP contribution in [0.4, 0.5) is 15.9 Å². The van der Waals surface area contributed by atoms with Gasteiger partial charge in [-0.15, -0.1) is 0 Å². The second kappa shape index (κ2) is 15.6. The highest BCUT2D eigenvalue weighted by Gasteiger charge is 2.20. The summed E-state index contributed by atoms with van der Waals surface area (Å²) in [6, 6.07) is 15.1. The molecule has 6 rings (SSSR count). The maximum Gasteiger partial charge on any atom is 0.323 e. The molecule has 4 heterocycles. The van der Waals surface area contributed by atoms with E-state index in [0.29, 0.717) is 56.8 Å². The summed E-state index contributed by atoms with van der Waals surface area (Å²) in [7, 11) is 0. The molecule has 10 nitrogen and oxygen atoms in total. The first kappa shape index (κ1) is 35.3. The summed E-state index contributed by atoms with van der Waals surface area (Å²) in [5.74, 6) is -1.20. The SMILES string of the molecule is CC(O)CN1CCc2cc(/C(F)=C/c3cccc(-c4cccc(Nc5nccc6cc(CNC(CO)C(=O)O)cnc56)c4Cl)c3Cl)ncc2C1. The molecule has 0 bridgehead atoms. The van der Waals surface area contributed by atoms with E-state index in [1.807, 2.05) is 24.3 Å². The van der Waals surface area contributed by atoms with Gasteiger partial charge in [0.1, 0.15) is 17.4 Å². The van der Waals surface area contributed by atoms with Crippen molar-refractivity contribution in [3.05, 3.63) is 111 Å². The zero-order valence-electron chi connectivity index (χ0n) is 27.1. The van der Waals surface area contributed by atoms with Crippen LogP contribution < -0.4 is 10.6 Å². The van der Waals surface area contributed by atoms with Crippen LogP contribution in [-0.2, 0) is 24.3 Å².